The van der Waals surface area contributed by atoms with Crippen molar-refractivity contribution >= 4 is 44.0 Å². The minimum absolute atomic E-state index is 1.01. The zero-order chi connectivity index (χ0) is 8.93. The summed E-state index contributed by atoms with van der Waals surface area (Å²) in [6, 6.07) is 0. The van der Waals surface area contributed by atoms with Gasteiger partial charge in [0.25, 0.3) is 0 Å². The van der Waals surface area contributed by atoms with E-state index in [9.17, 15) is 0 Å². The van der Waals surface area contributed by atoms with E-state index < -0.39 is 0 Å². The molecule has 0 aromatic rings. The molecular formula is C8H12N2S3. The van der Waals surface area contributed by atoms with Gasteiger partial charge in [0.2, 0.25) is 0 Å². The van der Waals surface area contributed by atoms with Crippen LogP contribution in [0.5, 0.6) is 0 Å². The van der Waals surface area contributed by atoms with Gasteiger partial charge in [-0.2, -0.15) is 0 Å². The van der Waals surface area contributed by atoms with E-state index in [1.807, 2.05) is 23.5 Å². The van der Waals surface area contributed by atoms with E-state index in [0.29, 0.717) is 0 Å². The third kappa shape index (κ3) is 3.22. The van der Waals surface area contributed by atoms with Gasteiger partial charge in [-0.1, -0.05) is 23.5 Å². The largest absolute Gasteiger partial charge is 0.271 e. The van der Waals surface area contributed by atoms with Crippen LogP contribution in [0.2, 0.25) is 0 Å². The van der Waals surface area contributed by atoms with Crippen LogP contribution in [0.15, 0.2) is 9.98 Å². The molecule has 0 amide bonds. The standard InChI is InChI=1S/C8H12N2S3/c1-3-9-7(11-5-1)13-8-10-4-2-6-12-8/h1-6H2. The molecule has 0 bridgehead atoms. The summed E-state index contributed by atoms with van der Waals surface area (Å²) >= 11 is 5.52. The van der Waals surface area contributed by atoms with Gasteiger partial charge in [0.1, 0.15) is 8.75 Å². The summed E-state index contributed by atoms with van der Waals surface area (Å²) in [5, 5.41) is 0. The van der Waals surface area contributed by atoms with Crippen LogP contribution in [-0.2, 0) is 0 Å². The van der Waals surface area contributed by atoms with Gasteiger partial charge in [0.05, 0.1) is 0 Å². The van der Waals surface area contributed by atoms with Crippen LogP contribution in [0.3, 0.4) is 0 Å². The molecule has 5 heteroatoms. The Kier molecular flexibility index (Phi) is 4.06. The van der Waals surface area contributed by atoms with E-state index in [1.54, 1.807) is 11.8 Å². The molecule has 0 aliphatic carbocycles. The summed E-state index contributed by atoms with van der Waals surface area (Å²) in [5.74, 6) is 2.45. The second-order valence-electron chi connectivity index (χ2n) is 2.80. The van der Waals surface area contributed by atoms with Crippen molar-refractivity contribution in [3.8, 4) is 0 Å². The van der Waals surface area contributed by atoms with Crippen LogP contribution >= 0.6 is 35.3 Å². The SMILES string of the molecule is C1CN=C(SC2=NCCCS2)SC1. The highest BCUT2D eigenvalue weighted by atomic mass is 32.2. The number of aliphatic imine (C=N–C) groups is 2. The first-order chi connectivity index (χ1) is 6.45. The quantitative estimate of drug-likeness (QED) is 0.642. The molecule has 0 atom stereocenters. The molecule has 72 valence electrons. The fourth-order valence-corrected chi connectivity index (χ4v) is 4.40. The predicted octanol–water partition coefficient (Wildman–Crippen LogP) is 2.71. The molecule has 0 fully saturated rings. The number of hydrogen-bond donors (Lipinski definition) is 0. The van der Waals surface area contributed by atoms with Crippen molar-refractivity contribution in [3.05, 3.63) is 0 Å². The zero-order valence-electron chi connectivity index (χ0n) is 7.36. The van der Waals surface area contributed by atoms with Crippen molar-refractivity contribution in [2.75, 3.05) is 24.6 Å². The molecule has 2 rings (SSSR count). The summed E-state index contributed by atoms with van der Waals surface area (Å²) in [5.41, 5.74) is 0. The average Bonchev–Trinajstić information content (AvgIpc) is 2.21. The van der Waals surface area contributed by atoms with E-state index in [2.05, 4.69) is 9.98 Å². The third-order valence-electron chi connectivity index (χ3n) is 1.71. The lowest BCUT2D eigenvalue weighted by Crippen LogP contribution is -2.05. The monoisotopic (exact) mass is 232 g/mol. The topological polar surface area (TPSA) is 24.7 Å². The van der Waals surface area contributed by atoms with Crippen LogP contribution in [0.4, 0.5) is 0 Å². The number of hydrogen-bond acceptors (Lipinski definition) is 5. The molecule has 2 nitrogen and oxygen atoms in total. The zero-order valence-corrected chi connectivity index (χ0v) is 9.81. The maximum atomic E-state index is 4.47. The van der Waals surface area contributed by atoms with Crippen LogP contribution < -0.4 is 0 Å². The molecule has 0 saturated heterocycles. The maximum absolute atomic E-state index is 4.47. The Bertz CT molecular complexity index is 214. The number of thioether (sulfide) groups is 3. The van der Waals surface area contributed by atoms with Gasteiger partial charge in [-0.15, -0.1) is 0 Å². The Hall–Kier alpha value is 0.390. The Morgan fingerprint density at radius 3 is 1.85 bits per heavy atom. The van der Waals surface area contributed by atoms with Crippen molar-refractivity contribution in [2.24, 2.45) is 9.98 Å². The van der Waals surface area contributed by atoms with Gasteiger partial charge in [-0.3, -0.25) is 9.98 Å². The summed E-state index contributed by atoms with van der Waals surface area (Å²) in [7, 11) is 0. The minimum atomic E-state index is 1.01. The highest BCUT2D eigenvalue weighted by molar-refractivity contribution is 8.53. The van der Waals surface area contributed by atoms with Crippen LogP contribution in [0.25, 0.3) is 0 Å². The van der Waals surface area contributed by atoms with Gasteiger partial charge < -0.3 is 0 Å². The van der Waals surface area contributed by atoms with E-state index in [0.717, 1.165) is 13.1 Å². The molecule has 2 heterocycles. The van der Waals surface area contributed by atoms with Gasteiger partial charge in [0, 0.05) is 24.6 Å². The molecule has 0 saturated carbocycles. The summed E-state index contributed by atoms with van der Waals surface area (Å²) in [4.78, 5) is 8.94. The van der Waals surface area contributed by atoms with E-state index in [1.165, 1.54) is 33.1 Å². The van der Waals surface area contributed by atoms with E-state index in [-0.39, 0.29) is 0 Å². The molecule has 0 spiro atoms. The molecule has 2 aliphatic rings. The molecular weight excluding hydrogens is 220 g/mol. The first-order valence-electron chi connectivity index (χ1n) is 4.47. The fraction of sp³-hybridized carbons (Fsp3) is 0.750. The smallest absolute Gasteiger partial charge is 0.131 e. The Balaban J connectivity index is 1.88. The summed E-state index contributed by atoms with van der Waals surface area (Å²) in [6.45, 7) is 2.01. The first-order valence-corrected chi connectivity index (χ1v) is 7.26. The van der Waals surface area contributed by atoms with Crippen molar-refractivity contribution in [2.45, 2.75) is 12.8 Å². The van der Waals surface area contributed by atoms with E-state index >= 15 is 0 Å². The Morgan fingerprint density at radius 2 is 1.46 bits per heavy atom. The lowest BCUT2D eigenvalue weighted by atomic mass is 10.5. The molecule has 2 aliphatic heterocycles. The lowest BCUT2D eigenvalue weighted by Gasteiger charge is -2.13. The molecule has 0 aromatic carbocycles. The minimum Gasteiger partial charge on any atom is -0.271 e. The van der Waals surface area contributed by atoms with Crippen molar-refractivity contribution in [1.82, 2.24) is 0 Å². The number of rotatable bonds is 0. The highest BCUT2D eigenvalue weighted by Crippen LogP contribution is 2.29. The van der Waals surface area contributed by atoms with Gasteiger partial charge in [-0.25, -0.2) is 0 Å². The normalized spacial score (nSPS) is 23.7. The lowest BCUT2D eigenvalue weighted by molar-refractivity contribution is 0.941. The highest BCUT2D eigenvalue weighted by Gasteiger charge is 2.12. The van der Waals surface area contributed by atoms with Crippen molar-refractivity contribution in [3.63, 3.8) is 0 Å². The Morgan fingerprint density at radius 1 is 0.923 bits per heavy atom. The summed E-state index contributed by atoms with van der Waals surface area (Å²) < 4.78 is 2.44. The predicted molar refractivity (Wildman–Crippen MR) is 66.3 cm³/mol. The summed E-state index contributed by atoms with van der Waals surface area (Å²) in [6.07, 6.45) is 2.46. The second-order valence-corrected chi connectivity index (χ2v) is 6.46. The molecule has 0 aromatic heterocycles. The first kappa shape index (κ1) is 9.93. The van der Waals surface area contributed by atoms with Crippen molar-refractivity contribution < 1.29 is 0 Å². The van der Waals surface area contributed by atoms with Gasteiger partial charge >= 0.3 is 0 Å². The van der Waals surface area contributed by atoms with Gasteiger partial charge in [-0.05, 0) is 24.6 Å². The molecule has 0 radical (unpaired) electrons. The van der Waals surface area contributed by atoms with Crippen LogP contribution in [-0.4, -0.2) is 33.3 Å². The maximum Gasteiger partial charge on any atom is 0.131 e. The molecule has 0 N–H and O–H groups in total. The van der Waals surface area contributed by atoms with Crippen LogP contribution in [0.1, 0.15) is 12.8 Å². The average molecular weight is 232 g/mol. The van der Waals surface area contributed by atoms with Crippen LogP contribution in [0, 0.1) is 0 Å². The molecule has 13 heavy (non-hydrogen) atoms. The fourth-order valence-electron chi connectivity index (χ4n) is 1.08. The molecule has 0 unspecified atom stereocenters. The van der Waals surface area contributed by atoms with E-state index in [4.69, 9.17) is 0 Å². The van der Waals surface area contributed by atoms with Gasteiger partial charge in [0.15, 0.2) is 0 Å². The third-order valence-corrected chi connectivity index (χ3v) is 5.26. The van der Waals surface area contributed by atoms with Crippen molar-refractivity contribution in [1.29, 1.82) is 0 Å². The Labute approximate surface area is 91.4 Å². The number of nitrogens with zero attached hydrogens (tertiary/aromatic N) is 2. The second kappa shape index (κ2) is 5.32.